The molecule has 90 valence electrons. The molecule has 5 heteroatoms. The summed E-state index contributed by atoms with van der Waals surface area (Å²) in [4.78, 5) is 0. The van der Waals surface area contributed by atoms with Crippen LogP contribution in [0.1, 0.15) is 42.1 Å². The van der Waals surface area contributed by atoms with Crippen LogP contribution in [0.4, 0.5) is 0 Å². The molecule has 1 aromatic rings. The van der Waals surface area contributed by atoms with Gasteiger partial charge in [-0.05, 0) is 25.8 Å². The lowest BCUT2D eigenvalue weighted by Gasteiger charge is -2.19. The highest BCUT2D eigenvalue weighted by molar-refractivity contribution is 7.11. The summed E-state index contributed by atoms with van der Waals surface area (Å²) < 4.78 is 5.47. The van der Waals surface area contributed by atoms with Crippen molar-refractivity contribution in [2.45, 2.75) is 38.6 Å². The predicted molar refractivity (Wildman–Crippen MR) is 64.7 cm³/mol. The van der Waals surface area contributed by atoms with Gasteiger partial charge in [-0.25, -0.2) is 0 Å². The maximum absolute atomic E-state index is 5.47. The minimum Gasteiger partial charge on any atom is -0.381 e. The molecule has 1 fully saturated rings. The van der Waals surface area contributed by atoms with Gasteiger partial charge in [0.05, 0.1) is 6.61 Å². The molecular formula is C11H19N3OS. The molecule has 1 atom stereocenters. The van der Waals surface area contributed by atoms with Crippen LogP contribution < -0.4 is 5.32 Å². The molecule has 2 rings (SSSR count). The van der Waals surface area contributed by atoms with Crippen molar-refractivity contribution in [3.63, 3.8) is 0 Å². The van der Waals surface area contributed by atoms with Crippen LogP contribution in [0.25, 0.3) is 0 Å². The molecule has 1 saturated heterocycles. The molecule has 0 radical (unpaired) electrons. The van der Waals surface area contributed by atoms with E-state index in [9.17, 15) is 0 Å². The first-order valence-corrected chi connectivity index (χ1v) is 6.82. The Hall–Kier alpha value is -0.520. The lowest BCUT2D eigenvalue weighted by molar-refractivity contribution is 0.0802. The minimum atomic E-state index is 0.478. The summed E-state index contributed by atoms with van der Waals surface area (Å²) in [6.07, 6.45) is 3.49. The molecule has 1 aliphatic rings. The molecule has 1 aromatic heterocycles. The van der Waals surface area contributed by atoms with Crippen LogP contribution in [0.15, 0.2) is 0 Å². The summed E-state index contributed by atoms with van der Waals surface area (Å²) in [6.45, 7) is 5.77. The highest BCUT2D eigenvalue weighted by Gasteiger charge is 2.19. The smallest absolute Gasteiger partial charge is 0.131 e. The van der Waals surface area contributed by atoms with Gasteiger partial charge in [0.15, 0.2) is 0 Å². The molecule has 0 spiro atoms. The van der Waals surface area contributed by atoms with Gasteiger partial charge in [-0.15, -0.1) is 10.2 Å². The van der Waals surface area contributed by atoms with E-state index in [-0.39, 0.29) is 0 Å². The first-order valence-electron chi connectivity index (χ1n) is 6.01. The zero-order valence-corrected chi connectivity index (χ0v) is 10.6. The highest BCUT2D eigenvalue weighted by atomic mass is 32.1. The highest BCUT2D eigenvalue weighted by Crippen LogP contribution is 2.27. The Morgan fingerprint density at radius 2 is 2.44 bits per heavy atom. The summed E-state index contributed by atoms with van der Waals surface area (Å²) >= 11 is 1.73. The van der Waals surface area contributed by atoms with Crippen molar-refractivity contribution >= 4 is 11.3 Å². The van der Waals surface area contributed by atoms with E-state index < -0.39 is 0 Å². The lowest BCUT2D eigenvalue weighted by Crippen LogP contribution is -2.15. The lowest BCUT2D eigenvalue weighted by atomic mass is 10.0. The number of rotatable bonds is 5. The predicted octanol–water partition coefficient (Wildman–Crippen LogP) is 1.93. The van der Waals surface area contributed by atoms with E-state index in [0.717, 1.165) is 49.2 Å². The summed E-state index contributed by atoms with van der Waals surface area (Å²) in [6, 6.07) is 0. The van der Waals surface area contributed by atoms with Crippen LogP contribution in [0.3, 0.4) is 0 Å². The number of hydrogen-bond donors (Lipinski definition) is 1. The zero-order chi connectivity index (χ0) is 11.2. The first kappa shape index (κ1) is 12.0. The Bertz CT molecular complexity index is 310. The van der Waals surface area contributed by atoms with Gasteiger partial charge in [-0.2, -0.15) is 0 Å². The number of aromatic nitrogens is 2. The average molecular weight is 241 g/mol. The van der Waals surface area contributed by atoms with Crippen LogP contribution in [0, 0.1) is 0 Å². The Balaban J connectivity index is 1.85. The number of hydrogen-bond acceptors (Lipinski definition) is 5. The fourth-order valence-corrected chi connectivity index (χ4v) is 2.74. The molecule has 2 heterocycles. The molecule has 0 saturated carbocycles. The van der Waals surface area contributed by atoms with Crippen molar-refractivity contribution in [3.8, 4) is 0 Å². The van der Waals surface area contributed by atoms with Gasteiger partial charge in [-0.3, -0.25) is 0 Å². The Labute approximate surface area is 100 Å². The van der Waals surface area contributed by atoms with Gasteiger partial charge < -0.3 is 10.1 Å². The number of nitrogens with zero attached hydrogens (tertiary/aromatic N) is 2. The second kappa shape index (κ2) is 6.27. The SMILES string of the molecule is CCCNCc1nnc(C2CCCOC2)s1. The van der Waals surface area contributed by atoms with Crippen LogP contribution in [0.2, 0.25) is 0 Å². The minimum absolute atomic E-state index is 0.478. The first-order chi connectivity index (χ1) is 7.90. The molecule has 4 nitrogen and oxygen atoms in total. The van der Waals surface area contributed by atoms with Crippen molar-refractivity contribution in [1.82, 2.24) is 15.5 Å². The van der Waals surface area contributed by atoms with Gasteiger partial charge in [0.2, 0.25) is 0 Å². The third-order valence-electron chi connectivity index (χ3n) is 2.70. The third kappa shape index (κ3) is 3.23. The Morgan fingerprint density at radius 3 is 3.19 bits per heavy atom. The van der Waals surface area contributed by atoms with Crippen molar-refractivity contribution in [1.29, 1.82) is 0 Å². The van der Waals surface area contributed by atoms with Crippen LogP contribution in [0.5, 0.6) is 0 Å². The fourth-order valence-electron chi connectivity index (χ4n) is 1.81. The fraction of sp³-hybridized carbons (Fsp3) is 0.818. The summed E-state index contributed by atoms with van der Waals surface area (Å²) in [5, 5.41) is 14.1. The quantitative estimate of drug-likeness (QED) is 0.800. The van der Waals surface area contributed by atoms with E-state index in [2.05, 4.69) is 22.4 Å². The molecule has 1 aliphatic heterocycles. The van der Waals surface area contributed by atoms with Crippen molar-refractivity contribution in [2.24, 2.45) is 0 Å². The molecule has 1 unspecified atom stereocenters. The maximum atomic E-state index is 5.47. The second-order valence-corrected chi connectivity index (χ2v) is 5.22. The molecule has 1 N–H and O–H groups in total. The topological polar surface area (TPSA) is 47.0 Å². The maximum Gasteiger partial charge on any atom is 0.131 e. The van der Waals surface area contributed by atoms with Crippen LogP contribution in [-0.4, -0.2) is 30.0 Å². The Morgan fingerprint density at radius 1 is 1.50 bits per heavy atom. The third-order valence-corrected chi connectivity index (χ3v) is 3.78. The molecule has 0 aromatic carbocycles. The van der Waals surface area contributed by atoms with Gasteiger partial charge in [0, 0.05) is 19.1 Å². The monoisotopic (exact) mass is 241 g/mol. The standard InChI is InChI=1S/C11H19N3OS/c1-2-5-12-7-10-13-14-11(16-10)9-4-3-6-15-8-9/h9,12H,2-8H2,1H3. The Kier molecular flexibility index (Phi) is 4.69. The van der Waals surface area contributed by atoms with Crippen LogP contribution >= 0.6 is 11.3 Å². The zero-order valence-electron chi connectivity index (χ0n) is 9.74. The second-order valence-electron chi connectivity index (χ2n) is 4.12. The molecular weight excluding hydrogens is 222 g/mol. The van der Waals surface area contributed by atoms with Gasteiger partial charge >= 0.3 is 0 Å². The van der Waals surface area contributed by atoms with Crippen LogP contribution in [-0.2, 0) is 11.3 Å². The van der Waals surface area contributed by atoms with Gasteiger partial charge in [0.1, 0.15) is 10.0 Å². The van der Waals surface area contributed by atoms with Crippen molar-refractivity contribution in [2.75, 3.05) is 19.8 Å². The van der Waals surface area contributed by atoms with Crippen molar-refractivity contribution in [3.05, 3.63) is 10.0 Å². The summed E-state index contributed by atoms with van der Waals surface area (Å²) in [5.74, 6) is 0.478. The summed E-state index contributed by atoms with van der Waals surface area (Å²) in [7, 11) is 0. The normalized spacial score (nSPS) is 21.2. The van der Waals surface area contributed by atoms with Gasteiger partial charge in [-0.1, -0.05) is 18.3 Å². The van der Waals surface area contributed by atoms with Crippen molar-refractivity contribution < 1.29 is 4.74 Å². The van der Waals surface area contributed by atoms with E-state index in [4.69, 9.17) is 4.74 Å². The van der Waals surface area contributed by atoms with Gasteiger partial charge in [0.25, 0.3) is 0 Å². The average Bonchev–Trinajstić information content (AvgIpc) is 2.79. The van der Waals surface area contributed by atoms with E-state index in [1.54, 1.807) is 11.3 Å². The number of ether oxygens (including phenoxy) is 1. The van der Waals surface area contributed by atoms with E-state index in [1.807, 2.05) is 0 Å². The number of nitrogens with one attached hydrogen (secondary N) is 1. The van der Waals surface area contributed by atoms with E-state index >= 15 is 0 Å². The summed E-state index contributed by atoms with van der Waals surface area (Å²) in [5.41, 5.74) is 0. The molecule has 0 bridgehead atoms. The molecule has 16 heavy (non-hydrogen) atoms. The molecule has 0 amide bonds. The van der Waals surface area contributed by atoms with E-state index in [0.29, 0.717) is 5.92 Å². The van der Waals surface area contributed by atoms with E-state index in [1.165, 1.54) is 6.42 Å². The largest absolute Gasteiger partial charge is 0.381 e. The molecule has 0 aliphatic carbocycles.